The summed E-state index contributed by atoms with van der Waals surface area (Å²) in [5, 5.41) is 0. The van der Waals surface area contributed by atoms with Crippen molar-refractivity contribution in [2.45, 2.75) is 167 Å². The van der Waals surface area contributed by atoms with E-state index in [4.69, 9.17) is 42.6 Å². The number of hydrogen-bond donors (Lipinski definition) is 0. The maximum atomic E-state index is 14.3. The Labute approximate surface area is 647 Å². The quantitative estimate of drug-likeness (QED) is 0.00895. The minimum Gasteiger partial charge on any atom is -0.494 e. The Morgan fingerprint density at radius 1 is 0.427 bits per heavy atom. The van der Waals surface area contributed by atoms with E-state index in [1.165, 1.54) is 11.1 Å². The standard InChI is InChI=1S/C94H98O16/c1-5-9-11-16-58-102-81-48-42-75(43-49-81)91(99)108-84-54-55-86(109-92(100)76-44-50-82(51-45-76)103-59-17-12-13-18-60-104-87(95)7-3)78(64-84)37-34-70-26-24-68(25-27-70)22-23-69-28-30-71(31-29-69)56-57-94(66-79-63-80(94)65-85(79)72-35-32-67(33-36-72)21-10-6-2)110-93(101)77-46-52-83(53-47-77)107-90(98)74-40-38-73(39-41-74)89(97)106-62-20-15-14-19-61-105-88(96)8-4/h7-8,24-33,35-36,42-55,64,73-74,79-80,85H,3-6,9-21,38-41,58-63,65-66H2,1-2H3. The van der Waals surface area contributed by atoms with Gasteiger partial charge in [0.1, 0.15) is 28.7 Å². The minimum absolute atomic E-state index is 0.00230. The monoisotopic (exact) mass is 1480 g/mol. The van der Waals surface area contributed by atoms with Gasteiger partial charge in [-0.1, -0.05) is 107 Å². The number of fused-ring (bicyclic) bond motifs is 2. The molecule has 16 heteroatoms. The van der Waals surface area contributed by atoms with Gasteiger partial charge in [-0.2, -0.15) is 0 Å². The predicted octanol–water partition coefficient (Wildman–Crippen LogP) is 18.6. The molecule has 3 fully saturated rings. The molecule has 0 heterocycles. The fourth-order valence-electron chi connectivity index (χ4n) is 13.9. The van der Waals surface area contributed by atoms with Gasteiger partial charge in [-0.25, -0.2) is 24.0 Å². The molecule has 4 unspecified atom stereocenters. The number of rotatable bonds is 36. The van der Waals surface area contributed by atoms with Crippen LogP contribution in [-0.4, -0.2) is 80.4 Å². The van der Waals surface area contributed by atoms with Crippen LogP contribution in [0, 0.1) is 59.2 Å². The van der Waals surface area contributed by atoms with Crippen molar-refractivity contribution in [2.75, 3.05) is 33.0 Å². The minimum atomic E-state index is -1.04. The Hall–Kier alpha value is -11.4. The third-order valence-electron chi connectivity index (χ3n) is 20.2. The Morgan fingerprint density at radius 2 is 0.882 bits per heavy atom. The zero-order valence-corrected chi connectivity index (χ0v) is 63.2. The number of carbonyl (C=O) groups excluding carboxylic acids is 7. The first-order valence-electron chi connectivity index (χ1n) is 38.9. The average Bonchev–Trinajstić information content (AvgIpc) is 1.59. The number of carbonyl (C=O) groups is 7. The summed E-state index contributed by atoms with van der Waals surface area (Å²) in [6.07, 6.45) is 20.8. The molecule has 570 valence electrons. The van der Waals surface area contributed by atoms with E-state index in [0.29, 0.717) is 111 Å². The SMILES string of the molecule is C=CC(=O)OCCCCCCOC(=O)C1CCC(C(=O)Oc2ccc(C(=O)OC3(C#Cc4ccc(C#Cc5ccc(C#Cc6cc(OC(=O)c7ccc(OCCCCCC)cc7)ccc6OC(=O)c6ccc(OCCCCCCOC(=O)C=C)cc6)cc5)cc4)CC4CC3CC4c3ccc(CCCC)cc3)cc2)CC1. The topological polar surface area (TPSA) is 203 Å². The van der Waals surface area contributed by atoms with Gasteiger partial charge in [0.05, 0.1) is 67.1 Å². The molecule has 4 atom stereocenters. The summed E-state index contributed by atoms with van der Waals surface area (Å²) in [4.78, 5) is 90.2. The molecule has 3 aliphatic rings. The van der Waals surface area contributed by atoms with Crippen molar-refractivity contribution in [1.29, 1.82) is 0 Å². The molecule has 3 saturated carbocycles. The van der Waals surface area contributed by atoms with Crippen LogP contribution in [0.4, 0.5) is 0 Å². The second-order valence-corrected chi connectivity index (χ2v) is 28.2. The van der Waals surface area contributed by atoms with Crippen molar-refractivity contribution in [3.05, 3.63) is 245 Å². The van der Waals surface area contributed by atoms with Gasteiger partial charge in [0.15, 0.2) is 5.60 Å². The van der Waals surface area contributed by atoms with Crippen LogP contribution < -0.4 is 23.7 Å². The van der Waals surface area contributed by atoms with Gasteiger partial charge in [-0.15, -0.1) is 0 Å². The first-order valence-corrected chi connectivity index (χ1v) is 38.9. The lowest BCUT2D eigenvalue weighted by Gasteiger charge is -2.36. The maximum absolute atomic E-state index is 14.3. The van der Waals surface area contributed by atoms with Gasteiger partial charge >= 0.3 is 41.8 Å². The van der Waals surface area contributed by atoms with Crippen molar-refractivity contribution >= 4 is 41.8 Å². The van der Waals surface area contributed by atoms with E-state index in [0.717, 1.165) is 138 Å². The molecular formula is C94H98O16. The molecule has 0 saturated heterocycles. The third kappa shape index (κ3) is 24.8. The highest BCUT2D eigenvalue weighted by molar-refractivity contribution is 5.93. The fourth-order valence-corrected chi connectivity index (χ4v) is 13.9. The second kappa shape index (κ2) is 42.4. The normalized spacial score (nSPS) is 17.2. The molecule has 3 aliphatic carbocycles. The molecule has 7 aromatic carbocycles. The molecule has 2 bridgehead atoms. The summed E-state index contributed by atoms with van der Waals surface area (Å²) in [5.41, 5.74) is 5.73. The Morgan fingerprint density at radius 3 is 1.39 bits per heavy atom. The van der Waals surface area contributed by atoms with Crippen LogP contribution in [0.25, 0.3) is 0 Å². The summed E-state index contributed by atoms with van der Waals surface area (Å²) in [6, 6.07) is 48.7. The predicted molar refractivity (Wildman–Crippen MR) is 421 cm³/mol. The number of benzene rings is 7. The Balaban J connectivity index is 0.766. The molecule has 0 amide bonds. The maximum Gasteiger partial charge on any atom is 0.343 e. The molecule has 0 spiro atoms. The van der Waals surface area contributed by atoms with Crippen LogP contribution in [0.5, 0.6) is 28.7 Å². The van der Waals surface area contributed by atoms with Crippen LogP contribution in [0.1, 0.15) is 225 Å². The highest BCUT2D eigenvalue weighted by Crippen LogP contribution is 2.59. The fraction of sp³-hybridized carbons (Fsp3) is 0.372. The number of esters is 7. The van der Waals surface area contributed by atoms with E-state index in [1.54, 1.807) is 91.0 Å². The third-order valence-corrected chi connectivity index (χ3v) is 20.2. The van der Waals surface area contributed by atoms with Crippen LogP contribution in [0.15, 0.2) is 189 Å². The first-order chi connectivity index (χ1) is 53.7. The van der Waals surface area contributed by atoms with E-state index in [2.05, 4.69) is 86.8 Å². The Kier molecular flexibility index (Phi) is 31.2. The van der Waals surface area contributed by atoms with Crippen molar-refractivity contribution in [3.63, 3.8) is 0 Å². The van der Waals surface area contributed by atoms with Gasteiger partial charge in [-0.3, -0.25) is 9.59 Å². The van der Waals surface area contributed by atoms with Gasteiger partial charge < -0.3 is 42.6 Å². The lowest BCUT2D eigenvalue weighted by atomic mass is 9.76. The summed E-state index contributed by atoms with van der Waals surface area (Å²) >= 11 is 0. The van der Waals surface area contributed by atoms with E-state index in [-0.39, 0.29) is 52.7 Å². The summed E-state index contributed by atoms with van der Waals surface area (Å²) in [6.45, 7) is 13.2. The van der Waals surface area contributed by atoms with Crippen molar-refractivity contribution in [2.24, 2.45) is 23.7 Å². The zero-order chi connectivity index (χ0) is 77.3. The summed E-state index contributed by atoms with van der Waals surface area (Å²) in [7, 11) is 0. The highest BCUT2D eigenvalue weighted by Gasteiger charge is 2.57. The number of aryl methyl sites for hydroxylation is 1. The first kappa shape index (κ1) is 81.1. The van der Waals surface area contributed by atoms with Crippen molar-refractivity contribution in [3.8, 4) is 64.3 Å². The van der Waals surface area contributed by atoms with Crippen molar-refractivity contribution < 1.29 is 76.2 Å². The van der Waals surface area contributed by atoms with Crippen LogP contribution in [0.3, 0.4) is 0 Å². The van der Waals surface area contributed by atoms with E-state index >= 15 is 0 Å². The van der Waals surface area contributed by atoms with Gasteiger partial charge in [-0.05, 0) is 271 Å². The van der Waals surface area contributed by atoms with Crippen LogP contribution in [-0.2, 0) is 44.5 Å². The lowest BCUT2D eigenvalue weighted by molar-refractivity contribution is -0.152. The molecule has 0 N–H and O–H groups in total. The number of unbranched alkanes of at least 4 members (excludes halogenated alkanes) is 10. The molecule has 7 aromatic rings. The smallest absolute Gasteiger partial charge is 0.343 e. The zero-order valence-electron chi connectivity index (χ0n) is 63.2. The average molecular weight is 1480 g/mol. The van der Waals surface area contributed by atoms with E-state index < -0.39 is 35.4 Å². The van der Waals surface area contributed by atoms with Gasteiger partial charge in [0, 0.05) is 52.8 Å². The molecule has 0 radical (unpaired) electrons. The Bertz CT molecular complexity index is 4460. The molecule has 110 heavy (non-hydrogen) atoms. The number of hydrogen-bond acceptors (Lipinski definition) is 16. The lowest BCUT2D eigenvalue weighted by Crippen LogP contribution is -2.40. The van der Waals surface area contributed by atoms with Crippen LogP contribution in [0.2, 0.25) is 0 Å². The van der Waals surface area contributed by atoms with E-state index in [9.17, 15) is 33.6 Å². The molecule has 10 rings (SSSR count). The molecular weight excluding hydrogens is 1390 g/mol. The molecule has 0 aliphatic heterocycles. The molecule has 16 nitrogen and oxygen atoms in total. The summed E-state index contributed by atoms with van der Waals surface area (Å²) < 4.78 is 51.6. The summed E-state index contributed by atoms with van der Waals surface area (Å²) in [5.74, 6) is 18.4. The molecule has 0 aromatic heterocycles. The van der Waals surface area contributed by atoms with Gasteiger partial charge in [0.2, 0.25) is 0 Å². The largest absolute Gasteiger partial charge is 0.494 e. The van der Waals surface area contributed by atoms with Crippen LogP contribution >= 0.6 is 0 Å². The highest BCUT2D eigenvalue weighted by atomic mass is 16.6. The van der Waals surface area contributed by atoms with E-state index in [1.807, 2.05) is 48.5 Å². The number of ether oxygens (including phenoxy) is 9. The van der Waals surface area contributed by atoms with Crippen molar-refractivity contribution in [1.82, 2.24) is 0 Å². The van der Waals surface area contributed by atoms with Gasteiger partial charge in [0.25, 0.3) is 0 Å². The second-order valence-electron chi connectivity index (χ2n) is 28.2.